The molecule has 0 radical (unpaired) electrons. The monoisotopic (exact) mass is 407 g/mol. The Labute approximate surface area is 183 Å². The van der Waals surface area contributed by atoms with Crippen molar-refractivity contribution in [3.8, 4) is 0 Å². The van der Waals surface area contributed by atoms with Crippen molar-refractivity contribution in [3.63, 3.8) is 0 Å². The van der Waals surface area contributed by atoms with E-state index >= 15 is 0 Å². The summed E-state index contributed by atoms with van der Waals surface area (Å²) in [6.45, 7) is 4.63. The van der Waals surface area contributed by atoms with Crippen LogP contribution in [0.3, 0.4) is 0 Å². The van der Waals surface area contributed by atoms with Gasteiger partial charge in [-0.05, 0) is 40.8 Å². The fourth-order valence-electron chi connectivity index (χ4n) is 4.41. The molecule has 0 aromatic heterocycles. The van der Waals surface area contributed by atoms with Gasteiger partial charge in [-0.1, -0.05) is 104 Å². The number of benzene rings is 3. The van der Waals surface area contributed by atoms with Crippen LogP contribution in [0.5, 0.6) is 0 Å². The minimum absolute atomic E-state index is 0.319. The summed E-state index contributed by atoms with van der Waals surface area (Å²) in [5.41, 5.74) is 7.78. The average molecular weight is 408 g/mol. The molecular formula is C28H25NS. The highest BCUT2D eigenvalue weighted by atomic mass is 32.2. The van der Waals surface area contributed by atoms with E-state index in [1.54, 1.807) is 0 Å². The van der Waals surface area contributed by atoms with Crippen molar-refractivity contribution in [1.29, 1.82) is 0 Å². The van der Waals surface area contributed by atoms with E-state index in [0.717, 1.165) is 12.1 Å². The molecule has 0 fully saturated rings. The second kappa shape index (κ2) is 8.12. The lowest BCUT2D eigenvalue weighted by molar-refractivity contribution is 0.841. The molecule has 0 spiro atoms. The maximum atomic E-state index is 5.19. The first-order valence-electron chi connectivity index (χ1n) is 10.6. The Kier molecular flexibility index (Phi) is 5.18. The molecule has 1 heterocycles. The molecule has 1 aliphatic carbocycles. The lowest BCUT2D eigenvalue weighted by Gasteiger charge is -2.31. The molecule has 0 saturated heterocycles. The van der Waals surface area contributed by atoms with Crippen LogP contribution in [-0.4, -0.2) is 5.71 Å². The quantitative estimate of drug-likeness (QED) is 0.426. The van der Waals surface area contributed by atoms with Crippen LogP contribution in [0.15, 0.2) is 117 Å². The summed E-state index contributed by atoms with van der Waals surface area (Å²) >= 11 is 1.90. The number of thioether (sulfide) groups is 1. The number of hydrogen-bond donors (Lipinski definition) is 0. The van der Waals surface area contributed by atoms with E-state index in [1.807, 2.05) is 11.8 Å². The van der Waals surface area contributed by atoms with E-state index < -0.39 is 0 Å². The van der Waals surface area contributed by atoms with Crippen molar-refractivity contribution < 1.29 is 0 Å². The lowest BCUT2D eigenvalue weighted by atomic mass is 9.80. The molecule has 3 aromatic rings. The molecule has 0 amide bonds. The van der Waals surface area contributed by atoms with Gasteiger partial charge in [-0.2, -0.15) is 0 Å². The van der Waals surface area contributed by atoms with Crippen LogP contribution in [0, 0.1) is 0 Å². The normalized spacial score (nSPS) is 17.4. The molecular weight excluding hydrogens is 382 g/mol. The smallest absolute Gasteiger partial charge is 0.0811 e. The molecule has 1 nitrogen and oxygen atoms in total. The molecule has 0 saturated carbocycles. The fourth-order valence-corrected chi connectivity index (χ4v) is 5.64. The van der Waals surface area contributed by atoms with Crippen molar-refractivity contribution in [3.05, 3.63) is 118 Å². The zero-order valence-corrected chi connectivity index (χ0v) is 18.2. The van der Waals surface area contributed by atoms with E-state index in [1.165, 1.54) is 37.8 Å². The number of rotatable bonds is 4. The van der Waals surface area contributed by atoms with Gasteiger partial charge in [0.25, 0.3) is 0 Å². The van der Waals surface area contributed by atoms with Crippen LogP contribution in [0.2, 0.25) is 0 Å². The third-order valence-corrected chi connectivity index (χ3v) is 7.44. The average Bonchev–Trinajstić information content (AvgIpc) is 2.82. The van der Waals surface area contributed by atoms with Gasteiger partial charge in [-0.3, -0.25) is 0 Å². The van der Waals surface area contributed by atoms with Gasteiger partial charge in [0.05, 0.1) is 11.4 Å². The molecule has 1 aliphatic heterocycles. The lowest BCUT2D eigenvalue weighted by Crippen LogP contribution is -2.19. The van der Waals surface area contributed by atoms with Gasteiger partial charge >= 0.3 is 0 Å². The van der Waals surface area contributed by atoms with Crippen LogP contribution in [0.1, 0.15) is 43.2 Å². The number of nitrogens with zero attached hydrogens (tertiary/aromatic N) is 1. The third kappa shape index (κ3) is 3.46. The topological polar surface area (TPSA) is 12.4 Å². The summed E-state index contributed by atoms with van der Waals surface area (Å²) in [5, 5.41) is 0. The van der Waals surface area contributed by atoms with Gasteiger partial charge in [-0.15, -0.1) is 0 Å². The van der Waals surface area contributed by atoms with Gasteiger partial charge in [-0.25, -0.2) is 4.99 Å². The van der Waals surface area contributed by atoms with Crippen LogP contribution < -0.4 is 0 Å². The van der Waals surface area contributed by atoms with Crippen molar-refractivity contribution >= 4 is 23.2 Å². The summed E-state index contributed by atoms with van der Waals surface area (Å²) in [6, 6.07) is 30.1. The molecule has 0 bridgehead atoms. The molecule has 5 rings (SSSR count). The largest absolute Gasteiger partial charge is 0.246 e. The Morgan fingerprint density at radius 3 is 2.03 bits per heavy atom. The molecule has 148 valence electrons. The van der Waals surface area contributed by atoms with E-state index in [2.05, 4.69) is 105 Å². The van der Waals surface area contributed by atoms with Gasteiger partial charge in [0.1, 0.15) is 0 Å². The minimum atomic E-state index is 0.319. The summed E-state index contributed by atoms with van der Waals surface area (Å²) < 4.78 is 0. The van der Waals surface area contributed by atoms with Crippen molar-refractivity contribution in [1.82, 2.24) is 0 Å². The summed E-state index contributed by atoms with van der Waals surface area (Å²) in [7, 11) is 0. The molecule has 30 heavy (non-hydrogen) atoms. The van der Waals surface area contributed by atoms with Gasteiger partial charge in [0.2, 0.25) is 0 Å². The highest BCUT2D eigenvalue weighted by Gasteiger charge is 2.31. The second-order valence-electron chi connectivity index (χ2n) is 8.01. The van der Waals surface area contributed by atoms with Crippen LogP contribution >= 0.6 is 11.8 Å². The zero-order chi connectivity index (χ0) is 20.5. The first kappa shape index (κ1) is 19.1. The number of fused-ring (bicyclic) bond motifs is 2. The first-order chi connectivity index (χ1) is 14.7. The molecule has 3 aromatic carbocycles. The number of aliphatic imine (C=N–C) groups is 1. The molecule has 2 atom stereocenters. The van der Waals surface area contributed by atoms with Gasteiger partial charge < -0.3 is 0 Å². The maximum Gasteiger partial charge on any atom is 0.0811 e. The van der Waals surface area contributed by atoms with E-state index in [-0.39, 0.29) is 0 Å². The number of hydrogen-bond acceptors (Lipinski definition) is 2. The number of allylic oxidation sites excluding steroid dienone is 4. The number of para-hydroxylation sites is 1. The highest BCUT2D eigenvalue weighted by molar-refractivity contribution is 8.04. The predicted octanol–water partition coefficient (Wildman–Crippen LogP) is 8.06. The first-order valence-corrected chi connectivity index (χ1v) is 11.4. The summed E-state index contributed by atoms with van der Waals surface area (Å²) in [4.78, 5) is 7.80. The highest BCUT2D eigenvalue weighted by Crippen LogP contribution is 2.49. The zero-order valence-electron chi connectivity index (χ0n) is 17.4. The van der Waals surface area contributed by atoms with Crippen LogP contribution in [-0.2, 0) is 0 Å². The molecule has 2 heteroatoms. The van der Waals surface area contributed by atoms with Gasteiger partial charge in [0, 0.05) is 21.6 Å². The SMILES string of the molecule is CC(C1=CCC(C(C)c2ccccc2)=C2Sc3ccccc3N=C12)c1ccccc1. The third-order valence-electron chi connectivity index (χ3n) is 6.22. The van der Waals surface area contributed by atoms with E-state index in [0.29, 0.717) is 11.8 Å². The minimum Gasteiger partial charge on any atom is -0.246 e. The Morgan fingerprint density at radius 2 is 1.33 bits per heavy atom. The van der Waals surface area contributed by atoms with Crippen molar-refractivity contribution in [2.24, 2.45) is 4.99 Å². The van der Waals surface area contributed by atoms with Crippen LogP contribution in [0.4, 0.5) is 5.69 Å². The Morgan fingerprint density at radius 1 is 0.733 bits per heavy atom. The summed E-state index contributed by atoms with van der Waals surface area (Å²) in [6.07, 6.45) is 3.40. The fraction of sp³-hybridized carbons (Fsp3) is 0.179. The van der Waals surface area contributed by atoms with Crippen molar-refractivity contribution in [2.75, 3.05) is 0 Å². The Hall–Kier alpha value is -2.84. The second-order valence-corrected chi connectivity index (χ2v) is 9.07. The standard InChI is InChI=1S/C28H25NS/c1-19(21-11-5-3-6-12-21)23-17-18-24(20(2)22-13-7-4-8-14-22)28-27(23)29-25-15-9-10-16-26(25)30-28/h3-17,19-20H,18H2,1-2H3. The molecule has 0 N–H and O–H groups in total. The van der Waals surface area contributed by atoms with E-state index in [4.69, 9.17) is 4.99 Å². The molecule has 2 unspecified atom stereocenters. The van der Waals surface area contributed by atoms with Crippen LogP contribution in [0.25, 0.3) is 0 Å². The molecule has 2 aliphatic rings. The Bertz CT molecular complexity index is 1160. The Balaban J connectivity index is 1.62. The van der Waals surface area contributed by atoms with Gasteiger partial charge in [0.15, 0.2) is 0 Å². The van der Waals surface area contributed by atoms with Crippen molar-refractivity contribution in [2.45, 2.75) is 37.0 Å². The predicted molar refractivity (Wildman–Crippen MR) is 129 cm³/mol. The van der Waals surface area contributed by atoms with E-state index in [9.17, 15) is 0 Å². The maximum absolute atomic E-state index is 5.19. The summed E-state index contributed by atoms with van der Waals surface area (Å²) in [5.74, 6) is 0.688.